The van der Waals surface area contributed by atoms with Crippen molar-refractivity contribution in [1.82, 2.24) is 0 Å². The minimum absolute atomic E-state index is 0.0977. The number of halogens is 1. The van der Waals surface area contributed by atoms with Crippen LogP contribution in [0.2, 0.25) is 0 Å². The third-order valence-corrected chi connectivity index (χ3v) is 3.11. The summed E-state index contributed by atoms with van der Waals surface area (Å²) < 4.78 is 10.5. The molecule has 108 valence electrons. The minimum Gasteiger partial charge on any atom is -0.454 e. The third kappa shape index (κ3) is 2.88. The first-order valence-corrected chi connectivity index (χ1v) is 6.70. The van der Waals surface area contributed by atoms with Gasteiger partial charge in [-0.15, -0.1) is 11.6 Å². The van der Waals surface area contributed by atoms with Gasteiger partial charge in [0.1, 0.15) is 0 Å². The van der Waals surface area contributed by atoms with Gasteiger partial charge in [0.15, 0.2) is 17.3 Å². The number of ether oxygens (including phenoxy) is 2. The monoisotopic (exact) mass is 297 g/mol. The highest BCUT2D eigenvalue weighted by Crippen LogP contribution is 2.37. The van der Waals surface area contributed by atoms with Crippen LogP contribution in [0.4, 0.5) is 5.69 Å². The molecule has 1 heterocycles. The smallest absolute Gasteiger partial charge is 0.231 e. The summed E-state index contributed by atoms with van der Waals surface area (Å²) in [6, 6.07) is 3.14. The van der Waals surface area contributed by atoms with Crippen molar-refractivity contribution < 1.29 is 19.1 Å². The normalized spacial score (nSPS) is 13.2. The summed E-state index contributed by atoms with van der Waals surface area (Å²) in [5, 5.41) is 2.74. The summed E-state index contributed by atoms with van der Waals surface area (Å²) in [7, 11) is 0. The van der Waals surface area contributed by atoms with Crippen molar-refractivity contribution in [2.24, 2.45) is 5.41 Å². The molecule has 0 unspecified atom stereocenters. The topological polar surface area (TPSA) is 64.6 Å². The molecular formula is C14H16ClNO4. The van der Waals surface area contributed by atoms with Crippen molar-refractivity contribution in [3.63, 3.8) is 0 Å². The van der Waals surface area contributed by atoms with Crippen LogP contribution >= 0.6 is 11.6 Å². The third-order valence-electron chi connectivity index (χ3n) is 2.86. The van der Waals surface area contributed by atoms with Crippen molar-refractivity contribution in [1.29, 1.82) is 0 Å². The molecule has 2 rings (SSSR count). The van der Waals surface area contributed by atoms with Crippen LogP contribution in [0.3, 0.4) is 0 Å². The molecule has 1 N–H and O–H groups in total. The Morgan fingerprint density at radius 3 is 2.40 bits per heavy atom. The van der Waals surface area contributed by atoms with Crippen LogP contribution in [0.15, 0.2) is 12.1 Å². The summed E-state index contributed by atoms with van der Waals surface area (Å²) in [6.07, 6.45) is 0. The van der Waals surface area contributed by atoms with Crippen molar-refractivity contribution in [3.8, 4) is 11.5 Å². The van der Waals surface area contributed by atoms with Gasteiger partial charge in [-0.25, -0.2) is 0 Å². The highest BCUT2D eigenvalue weighted by Gasteiger charge is 2.25. The summed E-state index contributed by atoms with van der Waals surface area (Å²) in [6.45, 7) is 5.47. The summed E-state index contributed by atoms with van der Waals surface area (Å²) in [5.41, 5.74) is 0.138. The highest BCUT2D eigenvalue weighted by atomic mass is 35.5. The zero-order valence-corrected chi connectivity index (χ0v) is 12.3. The zero-order valence-electron chi connectivity index (χ0n) is 11.6. The Morgan fingerprint density at radius 2 is 1.85 bits per heavy atom. The predicted octanol–water partition coefficient (Wildman–Crippen LogP) is 2.82. The van der Waals surface area contributed by atoms with E-state index in [1.54, 1.807) is 32.9 Å². The van der Waals surface area contributed by atoms with Gasteiger partial charge in [0, 0.05) is 17.0 Å². The zero-order chi connectivity index (χ0) is 14.9. The Bertz CT molecular complexity index is 563. The number of amides is 1. The molecule has 1 aromatic rings. The van der Waals surface area contributed by atoms with Crippen LogP contribution in [0, 0.1) is 5.41 Å². The van der Waals surface area contributed by atoms with E-state index >= 15 is 0 Å². The van der Waals surface area contributed by atoms with E-state index in [0.717, 1.165) is 0 Å². The number of benzene rings is 1. The molecule has 5 nitrogen and oxygen atoms in total. The second-order valence-corrected chi connectivity index (χ2v) is 5.78. The number of ketones is 1. The average Bonchev–Trinajstić information content (AvgIpc) is 2.82. The first kappa shape index (κ1) is 14.7. The summed E-state index contributed by atoms with van der Waals surface area (Å²) in [4.78, 5) is 24.0. The highest BCUT2D eigenvalue weighted by molar-refractivity contribution is 6.31. The first-order chi connectivity index (χ1) is 9.32. The molecule has 6 heteroatoms. The Labute approximate surface area is 122 Å². The van der Waals surface area contributed by atoms with E-state index in [9.17, 15) is 9.59 Å². The Kier molecular flexibility index (Phi) is 3.90. The lowest BCUT2D eigenvalue weighted by Gasteiger charge is -2.19. The number of hydrogen-bond donors (Lipinski definition) is 1. The fourth-order valence-electron chi connectivity index (χ4n) is 1.66. The molecule has 1 aliphatic rings. The van der Waals surface area contributed by atoms with E-state index in [-0.39, 0.29) is 24.4 Å². The van der Waals surface area contributed by atoms with Crippen molar-refractivity contribution in [2.45, 2.75) is 20.8 Å². The molecule has 0 radical (unpaired) electrons. The maximum absolute atomic E-state index is 12.1. The van der Waals surface area contributed by atoms with E-state index in [1.165, 1.54) is 0 Å². The molecule has 0 saturated heterocycles. The molecule has 0 aliphatic carbocycles. The predicted molar refractivity (Wildman–Crippen MR) is 75.7 cm³/mol. The van der Waals surface area contributed by atoms with E-state index in [4.69, 9.17) is 21.1 Å². The molecule has 0 atom stereocenters. The van der Waals surface area contributed by atoms with E-state index in [1.807, 2.05) is 0 Å². The minimum atomic E-state index is -0.572. The molecule has 1 aliphatic heterocycles. The molecule has 1 amide bonds. The summed E-state index contributed by atoms with van der Waals surface area (Å²) in [5.74, 6) is 0.333. The van der Waals surface area contributed by atoms with Crippen LogP contribution < -0.4 is 14.8 Å². The van der Waals surface area contributed by atoms with Gasteiger partial charge >= 0.3 is 0 Å². The lowest BCUT2D eigenvalue weighted by atomic mass is 9.95. The van der Waals surface area contributed by atoms with Gasteiger partial charge in [-0.1, -0.05) is 20.8 Å². The van der Waals surface area contributed by atoms with Gasteiger partial charge in [-0.05, 0) is 6.07 Å². The number of fused-ring (bicyclic) bond motifs is 1. The van der Waals surface area contributed by atoms with Gasteiger partial charge in [-0.3, -0.25) is 9.59 Å². The van der Waals surface area contributed by atoms with Crippen LogP contribution in [0.5, 0.6) is 11.5 Å². The number of Topliss-reactive ketones (excluding diaryl/α,β-unsaturated/α-hetero) is 1. The number of carbonyl (C=O) groups is 2. The Morgan fingerprint density at radius 1 is 1.25 bits per heavy atom. The van der Waals surface area contributed by atoms with Crippen LogP contribution in [-0.2, 0) is 4.79 Å². The maximum atomic E-state index is 12.1. The Balaban J connectivity index is 2.40. The second-order valence-electron chi connectivity index (χ2n) is 5.51. The standard InChI is InChI=1S/C14H16ClNO4/c1-14(2,3)13(18)16-9-5-12-11(19-7-20-12)4-8(9)10(17)6-15/h4-5H,6-7H2,1-3H3,(H,16,18). The molecule has 0 saturated carbocycles. The van der Waals surface area contributed by atoms with Crippen LogP contribution in [0.25, 0.3) is 0 Å². The number of carbonyl (C=O) groups excluding carboxylic acids is 2. The largest absolute Gasteiger partial charge is 0.454 e. The SMILES string of the molecule is CC(C)(C)C(=O)Nc1cc2c(cc1C(=O)CCl)OCO2. The Hall–Kier alpha value is -1.75. The number of alkyl halides is 1. The average molecular weight is 298 g/mol. The molecule has 20 heavy (non-hydrogen) atoms. The second kappa shape index (κ2) is 5.32. The molecule has 0 bridgehead atoms. The molecule has 0 fully saturated rings. The van der Waals surface area contributed by atoms with Gasteiger partial charge in [0.25, 0.3) is 0 Å². The van der Waals surface area contributed by atoms with E-state index in [2.05, 4.69) is 5.32 Å². The number of rotatable bonds is 3. The summed E-state index contributed by atoms with van der Waals surface area (Å²) >= 11 is 5.60. The van der Waals surface area contributed by atoms with Gasteiger partial charge in [0.2, 0.25) is 12.7 Å². The quantitative estimate of drug-likeness (QED) is 0.688. The fourth-order valence-corrected chi connectivity index (χ4v) is 1.80. The molecule has 0 aromatic heterocycles. The van der Waals surface area contributed by atoms with Crippen LogP contribution in [0.1, 0.15) is 31.1 Å². The van der Waals surface area contributed by atoms with Gasteiger partial charge < -0.3 is 14.8 Å². The van der Waals surface area contributed by atoms with Crippen molar-refractivity contribution in [2.75, 3.05) is 18.0 Å². The lowest BCUT2D eigenvalue weighted by Crippen LogP contribution is -2.28. The van der Waals surface area contributed by atoms with Crippen molar-refractivity contribution >= 4 is 29.0 Å². The molecule has 0 spiro atoms. The number of hydrogen-bond acceptors (Lipinski definition) is 4. The van der Waals surface area contributed by atoms with E-state index in [0.29, 0.717) is 22.7 Å². The molecule has 1 aromatic carbocycles. The fraction of sp³-hybridized carbons (Fsp3) is 0.429. The van der Waals surface area contributed by atoms with Gasteiger partial charge in [0.05, 0.1) is 11.6 Å². The number of anilines is 1. The van der Waals surface area contributed by atoms with E-state index < -0.39 is 5.41 Å². The number of nitrogens with one attached hydrogen (secondary N) is 1. The van der Waals surface area contributed by atoms with Crippen LogP contribution in [-0.4, -0.2) is 24.4 Å². The molecular weight excluding hydrogens is 282 g/mol. The first-order valence-electron chi connectivity index (χ1n) is 6.17. The van der Waals surface area contributed by atoms with Gasteiger partial charge in [-0.2, -0.15) is 0 Å². The van der Waals surface area contributed by atoms with Crippen molar-refractivity contribution in [3.05, 3.63) is 17.7 Å². The maximum Gasteiger partial charge on any atom is 0.231 e. The lowest BCUT2D eigenvalue weighted by molar-refractivity contribution is -0.123.